The van der Waals surface area contributed by atoms with Gasteiger partial charge >= 0.3 is 0 Å². The summed E-state index contributed by atoms with van der Waals surface area (Å²) >= 11 is 0. The van der Waals surface area contributed by atoms with E-state index in [1.807, 2.05) is 24.3 Å². The Kier molecular flexibility index (Phi) is 5.81. The number of H-pyrrole nitrogens is 1. The van der Waals surface area contributed by atoms with E-state index < -0.39 is 5.82 Å². The van der Waals surface area contributed by atoms with Gasteiger partial charge in [-0.2, -0.15) is 5.10 Å². The SMILES string of the molecule is O=C(CCc1cccc(COc2cnc(-c3ccn[nH]3)c(F)c2)c1)NC1COC1. The van der Waals surface area contributed by atoms with E-state index in [-0.39, 0.29) is 24.2 Å². The first-order valence-electron chi connectivity index (χ1n) is 9.40. The van der Waals surface area contributed by atoms with Crippen molar-refractivity contribution in [2.75, 3.05) is 13.2 Å². The van der Waals surface area contributed by atoms with Gasteiger partial charge < -0.3 is 14.8 Å². The van der Waals surface area contributed by atoms with Crippen LogP contribution in [0, 0.1) is 5.82 Å². The zero-order chi connectivity index (χ0) is 20.1. The first kappa shape index (κ1) is 19.1. The second-order valence-electron chi connectivity index (χ2n) is 6.88. The van der Waals surface area contributed by atoms with E-state index in [1.165, 1.54) is 12.3 Å². The highest BCUT2D eigenvalue weighted by Crippen LogP contribution is 2.22. The van der Waals surface area contributed by atoms with Crippen molar-refractivity contribution in [2.45, 2.75) is 25.5 Å². The highest BCUT2D eigenvalue weighted by Gasteiger charge is 2.19. The fourth-order valence-electron chi connectivity index (χ4n) is 3.00. The number of amides is 1. The number of carbonyl (C=O) groups is 1. The van der Waals surface area contributed by atoms with E-state index in [0.29, 0.717) is 37.5 Å². The van der Waals surface area contributed by atoms with Crippen molar-refractivity contribution in [3.8, 4) is 17.1 Å². The van der Waals surface area contributed by atoms with Gasteiger partial charge in [-0.3, -0.25) is 9.89 Å². The van der Waals surface area contributed by atoms with Crippen LogP contribution < -0.4 is 10.1 Å². The van der Waals surface area contributed by atoms with Crippen LogP contribution in [0.5, 0.6) is 5.75 Å². The zero-order valence-electron chi connectivity index (χ0n) is 15.7. The maximum atomic E-state index is 14.3. The third kappa shape index (κ3) is 4.97. The lowest BCUT2D eigenvalue weighted by Crippen LogP contribution is -2.48. The molecule has 2 N–H and O–H groups in total. The number of pyridine rings is 1. The predicted molar refractivity (Wildman–Crippen MR) is 104 cm³/mol. The summed E-state index contributed by atoms with van der Waals surface area (Å²) < 4.78 is 25.0. The largest absolute Gasteiger partial charge is 0.487 e. The van der Waals surface area contributed by atoms with E-state index in [2.05, 4.69) is 20.5 Å². The molecule has 0 spiro atoms. The van der Waals surface area contributed by atoms with Crippen molar-refractivity contribution in [1.82, 2.24) is 20.5 Å². The lowest BCUT2D eigenvalue weighted by Gasteiger charge is -2.26. The van der Waals surface area contributed by atoms with E-state index >= 15 is 0 Å². The Morgan fingerprint density at radius 3 is 2.86 bits per heavy atom. The summed E-state index contributed by atoms with van der Waals surface area (Å²) in [7, 11) is 0. The van der Waals surface area contributed by atoms with Crippen molar-refractivity contribution in [2.24, 2.45) is 0 Å². The van der Waals surface area contributed by atoms with Gasteiger partial charge in [-0.1, -0.05) is 24.3 Å². The topological polar surface area (TPSA) is 89.1 Å². The summed E-state index contributed by atoms with van der Waals surface area (Å²) in [4.78, 5) is 16.0. The lowest BCUT2D eigenvalue weighted by molar-refractivity contribution is -0.125. The Morgan fingerprint density at radius 2 is 2.14 bits per heavy atom. The summed E-state index contributed by atoms with van der Waals surface area (Å²) in [5, 5.41) is 9.42. The van der Waals surface area contributed by atoms with Gasteiger partial charge in [-0.15, -0.1) is 0 Å². The van der Waals surface area contributed by atoms with E-state index in [9.17, 15) is 9.18 Å². The predicted octanol–water partition coefficient (Wildman–Crippen LogP) is 2.64. The molecule has 150 valence electrons. The highest BCUT2D eigenvalue weighted by molar-refractivity contribution is 5.76. The molecule has 1 saturated heterocycles. The summed E-state index contributed by atoms with van der Waals surface area (Å²) in [6.45, 7) is 1.47. The number of aromatic nitrogens is 3. The molecule has 7 nitrogen and oxygen atoms in total. The summed E-state index contributed by atoms with van der Waals surface area (Å²) in [6.07, 6.45) is 4.09. The monoisotopic (exact) mass is 396 g/mol. The molecule has 1 amide bonds. The van der Waals surface area contributed by atoms with Gasteiger partial charge in [0.05, 0.1) is 31.1 Å². The molecule has 1 aliphatic rings. The number of aryl methyl sites for hydroxylation is 1. The van der Waals surface area contributed by atoms with Crippen LogP contribution >= 0.6 is 0 Å². The molecule has 29 heavy (non-hydrogen) atoms. The van der Waals surface area contributed by atoms with Crippen molar-refractivity contribution in [1.29, 1.82) is 0 Å². The molecular weight excluding hydrogens is 375 g/mol. The van der Waals surface area contributed by atoms with Crippen molar-refractivity contribution in [3.05, 3.63) is 65.7 Å². The Balaban J connectivity index is 1.31. The van der Waals surface area contributed by atoms with Gasteiger partial charge in [0.1, 0.15) is 18.1 Å². The van der Waals surface area contributed by atoms with E-state index in [4.69, 9.17) is 9.47 Å². The molecule has 0 saturated carbocycles. The average Bonchev–Trinajstić information content (AvgIpc) is 3.22. The summed E-state index contributed by atoms with van der Waals surface area (Å²) in [6, 6.07) is 10.9. The minimum absolute atomic E-state index is 0.0267. The highest BCUT2D eigenvalue weighted by atomic mass is 19.1. The van der Waals surface area contributed by atoms with Crippen LogP contribution in [0.3, 0.4) is 0 Å². The minimum atomic E-state index is -0.483. The molecule has 1 aromatic carbocycles. The number of aromatic amines is 1. The molecule has 3 aromatic rings. The van der Waals surface area contributed by atoms with Gasteiger partial charge in [-0.25, -0.2) is 9.37 Å². The number of rotatable bonds is 8. The van der Waals surface area contributed by atoms with Crippen LogP contribution in [0.2, 0.25) is 0 Å². The third-order valence-electron chi connectivity index (χ3n) is 4.61. The van der Waals surface area contributed by atoms with Crippen LogP contribution in [0.4, 0.5) is 4.39 Å². The number of benzene rings is 1. The number of halogens is 1. The zero-order valence-corrected chi connectivity index (χ0v) is 15.7. The van der Waals surface area contributed by atoms with Crippen LogP contribution in [-0.4, -0.2) is 40.3 Å². The van der Waals surface area contributed by atoms with Crippen LogP contribution in [0.25, 0.3) is 11.4 Å². The van der Waals surface area contributed by atoms with Gasteiger partial charge in [0, 0.05) is 18.7 Å². The molecule has 2 aromatic heterocycles. The molecule has 8 heteroatoms. The van der Waals surface area contributed by atoms with Crippen LogP contribution in [0.1, 0.15) is 17.5 Å². The van der Waals surface area contributed by atoms with Crippen LogP contribution in [-0.2, 0) is 22.6 Å². The molecular formula is C21H21FN4O3. The molecule has 0 unspecified atom stereocenters. The maximum Gasteiger partial charge on any atom is 0.220 e. The second kappa shape index (κ2) is 8.83. The Hall–Kier alpha value is -3.26. The average molecular weight is 396 g/mol. The second-order valence-corrected chi connectivity index (χ2v) is 6.88. The molecule has 1 fully saturated rings. The van der Waals surface area contributed by atoms with Crippen LogP contribution in [0.15, 0.2) is 48.8 Å². The van der Waals surface area contributed by atoms with Crippen molar-refractivity contribution >= 4 is 5.91 Å². The van der Waals surface area contributed by atoms with Gasteiger partial charge in [0.2, 0.25) is 5.91 Å². The van der Waals surface area contributed by atoms with Gasteiger partial charge in [0.15, 0.2) is 5.82 Å². The van der Waals surface area contributed by atoms with Crippen molar-refractivity contribution < 1.29 is 18.7 Å². The Labute approximate surface area is 167 Å². The normalized spacial score (nSPS) is 13.7. The van der Waals surface area contributed by atoms with E-state index in [1.54, 1.807) is 12.3 Å². The third-order valence-corrected chi connectivity index (χ3v) is 4.61. The van der Waals surface area contributed by atoms with Gasteiger partial charge in [0.25, 0.3) is 0 Å². The number of hydrogen-bond donors (Lipinski definition) is 2. The number of carbonyl (C=O) groups excluding carboxylic acids is 1. The molecule has 4 rings (SSSR count). The minimum Gasteiger partial charge on any atom is -0.487 e. The Bertz CT molecular complexity index is 974. The molecule has 1 aliphatic heterocycles. The first-order chi connectivity index (χ1) is 14.2. The van der Waals surface area contributed by atoms with Crippen molar-refractivity contribution in [3.63, 3.8) is 0 Å². The number of hydrogen-bond acceptors (Lipinski definition) is 5. The molecule has 0 aliphatic carbocycles. The number of nitrogens with zero attached hydrogens (tertiary/aromatic N) is 2. The summed E-state index contributed by atoms with van der Waals surface area (Å²) in [5.41, 5.74) is 2.69. The maximum absolute atomic E-state index is 14.3. The smallest absolute Gasteiger partial charge is 0.220 e. The van der Waals surface area contributed by atoms with Gasteiger partial charge in [-0.05, 0) is 23.6 Å². The number of ether oxygens (including phenoxy) is 2. The fraction of sp³-hybridized carbons (Fsp3) is 0.286. The molecule has 0 atom stereocenters. The van der Waals surface area contributed by atoms with E-state index in [0.717, 1.165) is 11.1 Å². The lowest BCUT2D eigenvalue weighted by atomic mass is 10.1. The molecule has 3 heterocycles. The standard InChI is InChI=1S/C21H21FN4O3/c22-18-9-17(10-23-21(18)19-6-7-24-26-19)29-11-15-3-1-2-14(8-15)4-5-20(27)25-16-12-28-13-16/h1-3,6-10,16H,4-5,11-13H2,(H,24,26)(H,25,27). The molecule has 0 bridgehead atoms. The number of nitrogens with one attached hydrogen (secondary N) is 2. The quantitative estimate of drug-likeness (QED) is 0.611. The summed E-state index contributed by atoms with van der Waals surface area (Å²) in [5.74, 6) is -0.111. The first-order valence-corrected chi connectivity index (χ1v) is 9.40. The Morgan fingerprint density at radius 1 is 1.28 bits per heavy atom. The fourth-order valence-corrected chi connectivity index (χ4v) is 3.00. The molecule has 0 radical (unpaired) electrons.